The van der Waals surface area contributed by atoms with Gasteiger partial charge in [0.25, 0.3) is 0 Å². The molecule has 4 heteroatoms. The minimum atomic E-state index is 0.398. The van der Waals surface area contributed by atoms with Crippen LogP contribution in [0, 0.1) is 11.3 Å². The normalized spacial score (nSPS) is 10.1. The van der Waals surface area contributed by atoms with Gasteiger partial charge in [-0.3, -0.25) is 0 Å². The molecule has 0 saturated heterocycles. The number of hydrogen-bond donors (Lipinski definition) is 0. The summed E-state index contributed by atoms with van der Waals surface area (Å²) in [4.78, 5) is 4.08. The van der Waals surface area contributed by atoms with Gasteiger partial charge in [0.15, 0.2) is 0 Å². The largest absolute Gasteiger partial charge is 0.236 e. The maximum atomic E-state index is 8.75. The van der Waals surface area contributed by atoms with Crippen molar-refractivity contribution in [3.63, 3.8) is 0 Å². The second-order valence-electron chi connectivity index (χ2n) is 2.77. The summed E-state index contributed by atoms with van der Waals surface area (Å²) in [6.07, 6.45) is 0. The molecule has 1 heterocycles. The number of pyridine rings is 1. The third-order valence-electron chi connectivity index (χ3n) is 1.86. The topological polar surface area (TPSA) is 36.7 Å². The Kier molecular flexibility index (Phi) is 2.28. The molecule has 2 rings (SSSR count). The van der Waals surface area contributed by atoms with Crippen LogP contribution in [0.25, 0.3) is 10.9 Å². The Hall–Kier alpha value is -1.30. The molecule has 0 amide bonds. The van der Waals surface area contributed by atoms with Gasteiger partial charge >= 0.3 is 0 Å². The fourth-order valence-electron chi connectivity index (χ4n) is 1.21. The summed E-state index contributed by atoms with van der Waals surface area (Å²) in [5.41, 5.74) is 1.14. The Morgan fingerprint density at radius 3 is 2.71 bits per heavy atom. The highest BCUT2D eigenvalue weighted by atomic mass is 35.5. The van der Waals surface area contributed by atoms with Crippen molar-refractivity contribution in [1.82, 2.24) is 4.98 Å². The molecule has 0 radical (unpaired) electrons. The summed E-state index contributed by atoms with van der Waals surface area (Å²) < 4.78 is 0. The number of benzene rings is 1. The van der Waals surface area contributed by atoms with E-state index in [0.29, 0.717) is 21.3 Å². The summed E-state index contributed by atoms with van der Waals surface area (Å²) in [5, 5.41) is 10.4. The zero-order chi connectivity index (χ0) is 10.1. The molecule has 2 aromatic rings. The second kappa shape index (κ2) is 3.45. The second-order valence-corrected chi connectivity index (χ2v) is 3.56. The standard InChI is InChI=1S/C10H4Cl2N2/c11-8-4-9-6(3-7(8)5-13)1-2-10(12)14-9/h1-4H. The van der Waals surface area contributed by atoms with Crippen LogP contribution in [0.1, 0.15) is 5.56 Å². The van der Waals surface area contributed by atoms with E-state index in [2.05, 4.69) is 4.98 Å². The van der Waals surface area contributed by atoms with Crippen molar-refractivity contribution < 1.29 is 0 Å². The van der Waals surface area contributed by atoms with E-state index in [9.17, 15) is 0 Å². The van der Waals surface area contributed by atoms with Crippen molar-refractivity contribution >= 4 is 34.1 Å². The van der Waals surface area contributed by atoms with E-state index in [1.54, 1.807) is 18.2 Å². The zero-order valence-electron chi connectivity index (χ0n) is 6.96. The third kappa shape index (κ3) is 1.52. The highest BCUT2D eigenvalue weighted by molar-refractivity contribution is 6.32. The van der Waals surface area contributed by atoms with E-state index >= 15 is 0 Å². The van der Waals surface area contributed by atoms with Crippen LogP contribution in [-0.4, -0.2) is 4.98 Å². The average Bonchev–Trinajstić information content (AvgIpc) is 2.16. The van der Waals surface area contributed by atoms with Gasteiger partial charge in [0.05, 0.1) is 16.1 Å². The Labute approximate surface area is 90.7 Å². The molecule has 68 valence electrons. The fourth-order valence-corrected chi connectivity index (χ4v) is 1.56. The molecule has 1 aromatic carbocycles. The Morgan fingerprint density at radius 2 is 2.00 bits per heavy atom. The average molecular weight is 223 g/mol. The van der Waals surface area contributed by atoms with Gasteiger partial charge in [-0.1, -0.05) is 23.2 Å². The molecule has 1 aromatic heterocycles. The maximum Gasteiger partial charge on any atom is 0.129 e. The minimum absolute atomic E-state index is 0.398. The summed E-state index contributed by atoms with van der Waals surface area (Å²) in [5.74, 6) is 0. The number of hydrogen-bond acceptors (Lipinski definition) is 2. The first-order valence-electron chi connectivity index (χ1n) is 3.86. The summed E-state index contributed by atoms with van der Waals surface area (Å²) >= 11 is 11.6. The minimum Gasteiger partial charge on any atom is -0.236 e. The lowest BCUT2D eigenvalue weighted by Crippen LogP contribution is -1.83. The smallest absolute Gasteiger partial charge is 0.129 e. The van der Waals surface area contributed by atoms with Crippen molar-refractivity contribution in [3.8, 4) is 6.07 Å². The molecule has 0 atom stereocenters. The number of nitriles is 1. The van der Waals surface area contributed by atoms with Gasteiger partial charge in [-0.2, -0.15) is 5.26 Å². The highest BCUT2D eigenvalue weighted by Crippen LogP contribution is 2.23. The van der Waals surface area contributed by atoms with Gasteiger partial charge in [0, 0.05) is 5.39 Å². The number of fused-ring (bicyclic) bond motifs is 1. The number of rotatable bonds is 0. The van der Waals surface area contributed by atoms with E-state index in [4.69, 9.17) is 28.5 Å². The van der Waals surface area contributed by atoms with Gasteiger partial charge in [0.1, 0.15) is 11.2 Å². The van der Waals surface area contributed by atoms with Crippen LogP contribution in [0.5, 0.6) is 0 Å². The van der Waals surface area contributed by atoms with E-state index < -0.39 is 0 Å². The zero-order valence-corrected chi connectivity index (χ0v) is 8.47. The Balaban J connectivity index is 2.81. The van der Waals surface area contributed by atoms with Crippen LogP contribution in [0.3, 0.4) is 0 Å². The predicted molar refractivity (Wildman–Crippen MR) is 56.5 cm³/mol. The van der Waals surface area contributed by atoms with Crippen molar-refractivity contribution in [2.24, 2.45) is 0 Å². The van der Waals surface area contributed by atoms with Crippen LogP contribution in [0.4, 0.5) is 0 Å². The highest BCUT2D eigenvalue weighted by Gasteiger charge is 2.03. The summed E-state index contributed by atoms with van der Waals surface area (Å²) in [7, 11) is 0. The molecule has 0 spiro atoms. The molecule has 0 unspecified atom stereocenters. The number of halogens is 2. The van der Waals surface area contributed by atoms with Crippen LogP contribution in [-0.2, 0) is 0 Å². The third-order valence-corrected chi connectivity index (χ3v) is 2.39. The first-order chi connectivity index (χ1) is 6.70. The lowest BCUT2D eigenvalue weighted by atomic mass is 10.1. The molecule has 0 aliphatic heterocycles. The van der Waals surface area contributed by atoms with Crippen molar-refractivity contribution in [2.45, 2.75) is 0 Å². The summed E-state index contributed by atoms with van der Waals surface area (Å²) in [6, 6.07) is 8.83. The number of aromatic nitrogens is 1. The van der Waals surface area contributed by atoms with E-state index in [-0.39, 0.29) is 0 Å². The summed E-state index contributed by atoms with van der Waals surface area (Å²) in [6.45, 7) is 0. The number of nitrogens with zero attached hydrogens (tertiary/aromatic N) is 2. The maximum absolute atomic E-state index is 8.75. The molecule has 0 aliphatic rings. The lowest BCUT2D eigenvalue weighted by Gasteiger charge is -1.99. The lowest BCUT2D eigenvalue weighted by molar-refractivity contribution is 1.40. The molecular formula is C10H4Cl2N2. The SMILES string of the molecule is N#Cc1cc2ccc(Cl)nc2cc1Cl. The van der Waals surface area contributed by atoms with Gasteiger partial charge in [-0.05, 0) is 24.3 Å². The van der Waals surface area contributed by atoms with E-state index in [1.807, 2.05) is 12.1 Å². The van der Waals surface area contributed by atoms with Gasteiger partial charge in [-0.25, -0.2) is 4.98 Å². The van der Waals surface area contributed by atoms with Crippen LogP contribution < -0.4 is 0 Å². The van der Waals surface area contributed by atoms with Crippen LogP contribution in [0.15, 0.2) is 24.3 Å². The van der Waals surface area contributed by atoms with Gasteiger partial charge in [0.2, 0.25) is 0 Å². The molecule has 0 saturated carbocycles. The molecule has 0 N–H and O–H groups in total. The monoisotopic (exact) mass is 222 g/mol. The van der Waals surface area contributed by atoms with Crippen LogP contribution >= 0.6 is 23.2 Å². The Morgan fingerprint density at radius 1 is 1.21 bits per heavy atom. The van der Waals surface area contributed by atoms with Crippen molar-refractivity contribution in [3.05, 3.63) is 40.0 Å². The molecular weight excluding hydrogens is 219 g/mol. The van der Waals surface area contributed by atoms with Gasteiger partial charge in [-0.15, -0.1) is 0 Å². The first-order valence-corrected chi connectivity index (χ1v) is 4.62. The molecule has 2 nitrogen and oxygen atoms in total. The molecule has 0 bridgehead atoms. The van der Waals surface area contributed by atoms with Gasteiger partial charge < -0.3 is 0 Å². The molecule has 0 aliphatic carbocycles. The van der Waals surface area contributed by atoms with Crippen molar-refractivity contribution in [1.29, 1.82) is 5.26 Å². The van der Waals surface area contributed by atoms with Crippen LogP contribution in [0.2, 0.25) is 10.2 Å². The Bertz CT molecular complexity index is 544. The fraction of sp³-hybridized carbons (Fsp3) is 0. The molecule has 0 fully saturated rings. The van der Waals surface area contributed by atoms with Crippen molar-refractivity contribution in [2.75, 3.05) is 0 Å². The quantitative estimate of drug-likeness (QED) is 0.641. The molecule has 14 heavy (non-hydrogen) atoms. The first kappa shape index (κ1) is 9.26. The van der Waals surface area contributed by atoms with E-state index in [1.165, 1.54) is 0 Å². The predicted octanol–water partition coefficient (Wildman–Crippen LogP) is 3.41. The van der Waals surface area contributed by atoms with E-state index in [0.717, 1.165) is 5.39 Å².